The first kappa shape index (κ1) is 15.1. The maximum Gasteiger partial charge on any atom is 0.416 e. The molecule has 0 saturated heterocycles. The molecule has 0 aliphatic heterocycles. The summed E-state index contributed by atoms with van der Waals surface area (Å²) in [6, 6.07) is 11.6. The number of primary amides is 1. The van der Waals surface area contributed by atoms with Gasteiger partial charge in [-0.05, 0) is 11.6 Å². The van der Waals surface area contributed by atoms with Crippen molar-refractivity contribution in [2.45, 2.75) is 11.8 Å². The van der Waals surface area contributed by atoms with Crippen LogP contribution in [0.3, 0.4) is 0 Å². The van der Waals surface area contributed by atoms with Crippen molar-refractivity contribution < 1.29 is 23.1 Å². The molecule has 2 aromatic carbocycles. The molecule has 3 N–H and O–H groups in total. The van der Waals surface area contributed by atoms with Gasteiger partial charge in [-0.15, -0.1) is 0 Å². The summed E-state index contributed by atoms with van der Waals surface area (Å²) in [5.41, 5.74) is 0.935. The van der Waals surface area contributed by atoms with E-state index in [1.54, 1.807) is 6.07 Å². The van der Waals surface area contributed by atoms with Gasteiger partial charge in [-0.25, -0.2) is 0 Å². The Morgan fingerprint density at radius 3 is 1.86 bits per heavy atom. The fourth-order valence-corrected chi connectivity index (χ4v) is 2.16. The van der Waals surface area contributed by atoms with Crippen LogP contribution in [0.15, 0.2) is 54.6 Å². The third kappa shape index (κ3) is 2.62. The quantitative estimate of drug-likeness (QED) is 0.913. The summed E-state index contributed by atoms with van der Waals surface area (Å²) in [4.78, 5) is 11.7. The molecule has 1 unspecified atom stereocenters. The van der Waals surface area contributed by atoms with E-state index in [0.29, 0.717) is 0 Å². The number of carbonyl (C=O) groups excluding carboxylic acids is 1. The Morgan fingerprint density at radius 1 is 0.905 bits per heavy atom. The largest absolute Gasteiger partial charge is 0.416 e. The lowest BCUT2D eigenvalue weighted by Crippen LogP contribution is -2.43. The summed E-state index contributed by atoms with van der Waals surface area (Å²) < 4.78 is 39.3. The number of halogens is 3. The summed E-state index contributed by atoms with van der Waals surface area (Å²) >= 11 is 0. The molecule has 0 spiro atoms. The Morgan fingerprint density at radius 2 is 1.38 bits per heavy atom. The molecule has 2 aromatic rings. The summed E-state index contributed by atoms with van der Waals surface area (Å²) in [6.07, 6.45) is -4.71. The standard InChI is InChI=1S/C15H12F3NO2/c16-15(17,18)12-9-5-4-8-11(12)14(21,13(19)20)10-6-2-1-3-7-10/h1-9,21H,(H2,19,20). The fourth-order valence-electron chi connectivity index (χ4n) is 2.16. The molecule has 0 aliphatic carbocycles. The van der Waals surface area contributed by atoms with E-state index in [0.717, 1.165) is 12.1 Å². The minimum atomic E-state index is -4.71. The normalized spacial score (nSPS) is 14.5. The molecule has 21 heavy (non-hydrogen) atoms. The average Bonchev–Trinajstić information content (AvgIpc) is 2.46. The van der Waals surface area contributed by atoms with Crippen molar-refractivity contribution in [1.29, 1.82) is 0 Å². The third-order valence-electron chi connectivity index (χ3n) is 3.17. The molecule has 0 aromatic heterocycles. The van der Waals surface area contributed by atoms with E-state index in [1.165, 1.54) is 36.4 Å². The number of nitrogens with two attached hydrogens (primary N) is 1. The first-order chi connectivity index (χ1) is 9.78. The number of rotatable bonds is 3. The molecule has 0 radical (unpaired) electrons. The number of amides is 1. The highest BCUT2D eigenvalue weighted by molar-refractivity contribution is 5.89. The number of benzene rings is 2. The second-order valence-electron chi connectivity index (χ2n) is 4.48. The Labute approximate surface area is 118 Å². The molecule has 110 valence electrons. The maximum atomic E-state index is 13.1. The van der Waals surface area contributed by atoms with Gasteiger partial charge in [0.05, 0.1) is 5.56 Å². The number of aliphatic hydroxyl groups is 1. The number of carbonyl (C=O) groups is 1. The monoisotopic (exact) mass is 295 g/mol. The van der Waals surface area contributed by atoms with Crippen molar-refractivity contribution in [3.63, 3.8) is 0 Å². The molecule has 0 aliphatic rings. The minimum Gasteiger partial charge on any atom is -0.372 e. The lowest BCUT2D eigenvalue weighted by atomic mass is 9.83. The second kappa shape index (κ2) is 5.21. The van der Waals surface area contributed by atoms with E-state index in [4.69, 9.17) is 5.73 Å². The van der Waals surface area contributed by atoms with Gasteiger partial charge in [0, 0.05) is 5.56 Å². The van der Waals surface area contributed by atoms with Crippen molar-refractivity contribution in [2.24, 2.45) is 5.73 Å². The van der Waals surface area contributed by atoms with Crippen LogP contribution in [0.25, 0.3) is 0 Å². The van der Waals surface area contributed by atoms with Gasteiger partial charge in [-0.2, -0.15) is 13.2 Å². The van der Waals surface area contributed by atoms with Crippen LogP contribution in [0.2, 0.25) is 0 Å². The zero-order chi connectivity index (χ0) is 15.7. The molecule has 0 bridgehead atoms. The molecular formula is C15H12F3NO2. The number of hydrogen-bond donors (Lipinski definition) is 2. The molecule has 1 atom stereocenters. The van der Waals surface area contributed by atoms with Gasteiger partial charge in [0.25, 0.3) is 5.91 Å². The van der Waals surface area contributed by atoms with Crippen LogP contribution in [0.4, 0.5) is 13.2 Å². The smallest absolute Gasteiger partial charge is 0.372 e. The van der Waals surface area contributed by atoms with Crippen LogP contribution in [-0.4, -0.2) is 11.0 Å². The molecule has 6 heteroatoms. The van der Waals surface area contributed by atoms with Crippen LogP contribution >= 0.6 is 0 Å². The first-order valence-electron chi connectivity index (χ1n) is 6.02. The molecule has 2 rings (SSSR count). The Bertz CT molecular complexity index is 655. The molecule has 3 nitrogen and oxygen atoms in total. The van der Waals surface area contributed by atoms with E-state index in [2.05, 4.69) is 0 Å². The summed E-state index contributed by atoms with van der Waals surface area (Å²) in [5, 5.41) is 10.6. The zero-order valence-electron chi connectivity index (χ0n) is 10.8. The van der Waals surface area contributed by atoms with Gasteiger partial charge in [0.15, 0.2) is 5.60 Å². The predicted octanol–water partition coefficient (Wildman–Crippen LogP) is 2.43. The van der Waals surface area contributed by atoms with Gasteiger partial charge in [-0.1, -0.05) is 48.5 Å². The lowest BCUT2D eigenvalue weighted by Gasteiger charge is -2.28. The first-order valence-corrected chi connectivity index (χ1v) is 6.02. The maximum absolute atomic E-state index is 13.1. The Kier molecular flexibility index (Phi) is 3.74. The Balaban J connectivity index is 2.74. The van der Waals surface area contributed by atoms with E-state index < -0.39 is 28.8 Å². The third-order valence-corrected chi connectivity index (χ3v) is 3.17. The SMILES string of the molecule is NC(=O)C(O)(c1ccccc1)c1ccccc1C(F)(F)F. The van der Waals surface area contributed by atoms with Crippen molar-refractivity contribution in [3.8, 4) is 0 Å². The van der Waals surface area contributed by atoms with Gasteiger partial charge in [0.2, 0.25) is 0 Å². The van der Waals surface area contributed by atoms with Crippen molar-refractivity contribution >= 4 is 5.91 Å². The van der Waals surface area contributed by atoms with Gasteiger partial charge in [0.1, 0.15) is 0 Å². The topological polar surface area (TPSA) is 63.3 Å². The molecule has 0 fully saturated rings. The van der Waals surface area contributed by atoms with E-state index in [1.807, 2.05) is 0 Å². The molecule has 0 heterocycles. The molecule has 1 amide bonds. The van der Waals surface area contributed by atoms with E-state index >= 15 is 0 Å². The van der Waals surface area contributed by atoms with E-state index in [-0.39, 0.29) is 5.56 Å². The second-order valence-corrected chi connectivity index (χ2v) is 4.48. The van der Waals surface area contributed by atoms with Crippen LogP contribution in [0.5, 0.6) is 0 Å². The summed E-state index contributed by atoms with van der Waals surface area (Å²) in [6.45, 7) is 0. The van der Waals surface area contributed by atoms with Crippen molar-refractivity contribution in [1.82, 2.24) is 0 Å². The highest BCUT2D eigenvalue weighted by atomic mass is 19.4. The highest BCUT2D eigenvalue weighted by Gasteiger charge is 2.45. The summed E-state index contributed by atoms with van der Waals surface area (Å²) in [5.74, 6) is -1.27. The van der Waals surface area contributed by atoms with Crippen LogP contribution in [0, 0.1) is 0 Å². The molecule has 0 saturated carbocycles. The van der Waals surface area contributed by atoms with E-state index in [9.17, 15) is 23.1 Å². The Hall–Kier alpha value is -2.34. The number of hydrogen-bond acceptors (Lipinski definition) is 2. The zero-order valence-corrected chi connectivity index (χ0v) is 10.8. The minimum absolute atomic E-state index is 0.0193. The lowest BCUT2D eigenvalue weighted by molar-refractivity contribution is -0.143. The van der Waals surface area contributed by atoms with Gasteiger partial charge >= 0.3 is 6.18 Å². The van der Waals surface area contributed by atoms with Gasteiger partial charge < -0.3 is 10.8 Å². The average molecular weight is 295 g/mol. The summed E-state index contributed by atoms with van der Waals surface area (Å²) in [7, 11) is 0. The van der Waals surface area contributed by atoms with Crippen LogP contribution in [-0.2, 0) is 16.6 Å². The number of alkyl halides is 3. The van der Waals surface area contributed by atoms with Crippen molar-refractivity contribution in [3.05, 3.63) is 71.3 Å². The molecular weight excluding hydrogens is 283 g/mol. The van der Waals surface area contributed by atoms with Crippen LogP contribution in [0.1, 0.15) is 16.7 Å². The fraction of sp³-hybridized carbons (Fsp3) is 0.133. The van der Waals surface area contributed by atoms with Crippen LogP contribution < -0.4 is 5.73 Å². The van der Waals surface area contributed by atoms with Gasteiger partial charge in [-0.3, -0.25) is 4.79 Å². The van der Waals surface area contributed by atoms with Crippen molar-refractivity contribution in [2.75, 3.05) is 0 Å². The highest BCUT2D eigenvalue weighted by Crippen LogP contribution is 2.39. The predicted molar refractivity (Wildman–Crippen MR) is 70.1 cm³/mol.